The number of rotatable bonds is 3. The zero-order chi connectivity index (χ0) is 13.1. The van der Waals surface area contributed by atoms with Crippen molar-refractivity contribution in [2.75, 3.05) is 0 Å². The molecule has 0 saturated heterocycles. The predicted molar refractivity (Wildman–Crippen MR) is 81.4 cm³/mol. The second-order valence-corrected chi connectivity index (χ2v) is 6.40. The van der Waals surface area contributed by atoms with Gasteiger partial charge in [0.05, 0.1) is 0 Å². The zero-order valence-electron chi connectivity index (χ0n) is 12.3. The molecule has 2 N–H and O–H groups in total. The van der Waals surface area contributed by atoms with Gasteiger partial charge in [-0.2, -0.15) is 0 Å². The summed E-state index contributed by atoms with van der Waals surface area (Å²) < 4.78 is 0. The van der Waals surface area contributed by atoms with Crippen LogP contribution in [0.15, 0.2) is 0 Å². The fourth-order valence-corrected chi connectivity index (χ4v) is 3.70. The van der Waals surface area contributed by atoms with E-state index >= 15 is 0 Å². The van der Waals surface area contributed by atoms with E-state index in [1.54, 1.807) is 0 Å². The van der Waals surface area contributed by atoms with Gasteiger partial charge in [-0.05, 0) is 46.0 Å². The lowest BCUT2D eigenvalue weighted by molar-refractivity contribution is -0.141. The van der Waals surface area contributed by atoms with E-state index in [-0.39, 0.29) is 24.4 Å². The highest BCUT2D eigenvalue weighted by Gasteiger charge is 2.34. The van der Waals surface area contributed by atoms with Crippen molar-refractivity contribution in [3.63, 3.8) is 0 Å². The molecule has 112 valence electrons. The van der Waals surface area contributed by atoms with Crippen molar-refractivity contribution < 1.29 is 4.79 Å². The first-order valence-corrected chi connectivity index (χ1v) is 7.67. The molecule has 0 aromatic rings. The van der Waals surface area contributed by atoms with Gasteiger partial charge in [-0.1, -0.05) is 19.3 Å². The SMILES string of the molecule is CC(C)N(C(=O)C1CCCC(N)C1)C1CCCC1.Cl. The lowest BCUT2D eigenvalue weighted by Crippen LogP contribution is -2.48. The molecular weight excluding hydrogens is 260 g/mol. The smallest absolute Gasteiger partial charge is 0.226 e. The van der Waals surface area contributed by atoms with Crippen LogP contribution in [0.4, 0.5) is 0 Å². The van der Waals surface area contributed by atoms with Gasteiger partial charge >= 0.3 is 0 Å². The molecule has 0 spiro atoms. The minimum Gasteiger partial charge on any atom is -0.337 e. The summed E-state index contributed by atoms with van der Waals surface area (Å²) in [5, 5.41) is 0. The molecule has 2 aliphatic rings. The Bertz CT molecular complexity index is 290. The number of amides is 1. The summed E-state index contributed by atoms with van der Waals surface area (Å²) in [5.41, 5.74) is 6.02. The summed E-state index contributed by atoms with van der Waals surface area (Å²) in [7, 11) is 0. The quantitative estimate of drug-likeness (QED) is 0.867. The maximum Gasteiger partial charge on any atom is 0.226 e. The van der Waals surface area contributed by atoms with Gasteiger partial charge in [-0.15, -0.1) is 12.4 Å². The van der Waals surface area contributed by atoms with Crippen LogP contribution in [0.25, 0.3) is 0 Å². The summed E-state index contributed by atoms with van der Waals surface area (Å²) in [4.78, 5) is 14.9. The molecule has 2 aliphatic carbocycles. The Hall–Kier alpha value is -0.280. The van der Waals surface area contributed by atoms with Crippen molar-refractivity contribution in [3.8, 4) is 0 Å². The maximum absolute atomic E-state index is 12.7. The molecule has 0 aromatic carbocycles. The number of hydrogen-bond donors (Lipinski definition) is 1. The van der Waals surface area contributed by atoms with Crippen LogP contribution < -0.4 is 5.73 Å². The molecule has 0 bridgehead atoms. The Balaban J connectivity index is 0.00000180. The third kappa shape index (κ3) is 4.09. The van der Waals surface area contributed by atoms with Crippen molar-refractivity contribution in [3.05, 3.63) is 0 Å². The van der Waals surface area contributed by atoms with Gasteiger partial charge in [0.2, 0.25) is 5.91 Å². The Morgan fingerprint density at radius 3 is 2.26 bits per heavy atom. The third-order valence-electron chi connectivity index (χ3n) is 4.59. The third-order valence-corrected chi connectivity index (χ3v) is 4.59. The van der Waals surface area contributed by atoms with Crippen LogP contribution in [0.5, 0.6) is 0 Å². The van der Waals surface area contributed by atoms with E-state index < -0.39 is 0 Å². The summed E-state index contributed by atoms with van der Waals surface area (Å²) in [6, 6.07) is 1.07. The highest BCUT2D eigenvalue weighted by Crippen LogP contribution is 2.30. The highest BCUT2D eigenvalue weighted by atomic mass is 35.5. The van der Waals surface area contributed by atoms with E-state index in [9.17, 15) is 4.79 Å². The van der Waals surface area contributed by atoms with Gasteiger partial charge in [0.1, 0.15) is 0 Å². The van der Waals surface area contributed by atoms with E-state index in [0.29, 0.717) is 18.0 Å². The zero-order valence-corrected chi connectivity index (χ0v) is 13.1. The van der Waals surface area contributed by atoms with Crippen molar-refractivity contribution in [2.24, 2.45) is 11.7 Å². The molecular formula is C15H29ClN2O. The number of nitrogens with zero attached hydrogens (tertiary/aromatic N) is 1. The molecule has 0 radical (unpaired) electrons. The molecule has 2 unspecified atom stereocenters. The standard InChI is InChI=1S/C15H28N2O.ClH/c1-11(2)17(14-8-3-4-9-14)15(18)12-6-5-7-13(16)10-12;/h11-14H,3-10,16H2,1-2H3;1H. The molecule has 0 aromatic heterocycles. The first kappa shape index (κ1) is 16.8. The molecule has 2 fully saturated rings. The van der Waals surface area contributed by atoms with Crippen molar-refractivity contribution >= 4 is 18.3 Å². The first-order chi connectivity index (χ1) is 8.59. The van der Waals surface area contributed by atoms with Crippen LogP contribution in [0.2, 0.25) is 0 Å². The van der Waals surface area contributed by atoms with Gasteiger partial charge in [0.15, 0.2) is 0 Å². The highest BCUT2D eigenvalue weighted by molar-refractivity contribution is 5.85. The first-order valence-electron chi connectivity index (χ1n) is 7.67. The van der Waals surface area contributed by atoms with E-state index in [2.05, 4.69) is 18.7 Å². The number of nitrogens with two attached hydrogens (primary N) is 1. The molecule has 2 atom stereocenters. The molecule has 2 saturated carbocycles. The van der Waals surface area contributed by atoms with Crippen LogP contribution in [-0.4, -0.2) is 28.9 Å². The van der Waals surface area contributed by atoms with E-state index in [4.69, 9.17) is 5.73 Å². The molecule has 0 aliphatic heterocycles. The van der Waals surface area contributed by atoms with Crippen LogP contribution in [0, 0.1) is 5.92 Å². The largest absolute Gasteiger partial charge is 0.337 e. The molecule has 19 heavy (non-hydrogen) atoms. The topological polar surface area (TPSA) is 46.3 Å². The van der Waals surface area contributed by atoms with Crippen molar-refractivity contribution in [1.82, 2.24) is 4.90 Å². The summed E-state index contributed by atoms with van der Waals surface area (Å²) in [6.07, 6.45) is 9.11. The lowest BCUT2D eigenvalue weighted by atomic mass is 9.84. The Morgan fingerprint density at radius 1 is 1.11 bits per heavy atom. The fourth-order valence-electron chi connectivity index (χ4n) is 3.70. The number of hydrogen-bond acceptors (Lipinski definition) is 2. The van der Waals surface area contributed by atoms with Gasteiger partial charge in [-0.25, -0.2) is 0 Å². The van der Waals surface area contributed by atoms with Gasteiger partial charge in [-0.3, -0.25) is 4.79 Å². The monoisotopic (exact) mass is 288 g/mol. The van der Waals surface area contributed by atoms with Gasteiger partial charge < -0.3 is 10.6 Å². The number of halogens is 1. The molecule has 2 rings (SSSR count). The minimum absolute atomic E-state index is 0. The normalized spacial score (nSPS) is 28.2. The Kier molecular flexibility index (Phi) is 6.61. The summed E-state index contributed by atoms with van der Waals surface area (Å²) in [6.45, 7) is 4.30. The minimum atomic E-state index is 0. The molecule has 1 amide bonds. The van der Waals surface area contributed by atoms with E-state index in [1.807, 2.05) is 0 Å². The average Bonchev–Trinajstić information content (AvgIpc) is 2.82. The molecule has 4 heteroatoms. The lowest BCUT2D eigenvalue weighted by Gasteiger charge is -2.37. The van der Waals surface area contributed by atoms with Crippen molar-refractivity contribution in [1.29, 1.82) is 0 Å². The Labute approximate surface area is 123 Å². The predicted octanol–water partition coefficient (Wildman–Crippen LogP) is 3.11. The Morgan fingerprint density at radius 2 is 1.74 bits per heavy atom. The second-order valence-electron chi connectivity index (χ2n) is 6.40. The molecule has 3 nitrogen and oxygen atoms in total. The van der Waals surface area contributed by atoms with Gasteiger partial charge in [0.25, 0.3) is 0 Å². The van der Waals surface area contributed by atoms with Crippen LogP contribution in [0.3, 0.4) is 0 Å². The van der Waals surface area contributed by atoms with Crippen LogP contribution in [0.1, 0.15) is 65.2 Å². The second kappa shape index (κ2) is 7.49. The number of carbonyl (C=O) groups excluding carboxylic acids is 1. The van der Waals surface area contributed by atoms with Crippen LogP contribution in [-0.2, 0) is 4.79 Å². The summed E-state index contributed by atoms with van der Waals surface area (Å²) in [5.74, 6) is 0.573. The van der Waals surface area contributed by atoms with Crippen LogP contribution >= 0.6 is 12.4 Å². The molecule has 0 heterocycles. The van der Waals surface area contributed by atoms with E-state index in [0.717, 1.165) is 25.7 Å². The van der Waals surface area contributed by atoms with Crippen molar-refractivity contribution in [2.45, 2.75) is 83.3 Å². The fraction of sp³-hybridized carbons (Fsp3) is 0.933. The maximum atomic E-state index is 12.7. The number of carbonyl (C=O) groups is 1. The average molecular weight is 289 g/mol. The van der Waals surface area contributed by atoms with E-state index in [1.165, 1.54) is 25.7 Å². The summed E-state index contributed by atoms with van der Waals surface area (Å²) >= 11 is 0. The van der Waals surface area contributed by atoms with Gasteiger partial charge in [0, 0.05) is 24.0 Å².